The van der Waals surface area contributed by atoms with Crippen molar-refractivity contribution in [2.45, 2.75) is 94.1 Å². The number of allylic oxidation sites excluding steroid dienone is 1. The number of carboxylic acid groups (broad SMARTS) is 1. The van der Waals surface area contributed by atoms with E-state index in [-0.39, 0.29) is 17.2 Å². The lowest BCUT2D eigenvalue weighted by molar-refractivity contribution is -0.137. The van der Waals surface area contributed by atoms with Gasteiger partial charge in [0.15, 0.2) is 0 Å². The molecule has 0 aromatic heterocycles. The van der Waals surface area contributed by atoms with E-state index in [1.807, 2.05) is 0 Å². The van der Waals surface area contributed by atoms with Crippen LogP contribution in [0.5, 0.6) is 0 Å². The smallest absolute Gasteiger partial charge is 0.304 e. The van der Waals surface area contributed by atoms with E-state index in [4.69, 9.17) is 33.0 Å². The molecule has 1 heterocycles. The van der Waals surface area contributed by atoms with E-state index >= 15 is 0 Å². The summed E-state index contributed by atoms with van der Waals surface area (Å²) in [5.74, 6) is -0.868. The summed E-state index contributed by atoms with van der Waals surface area (Å²) in [6.07, 6.45) is 14.8. The third kappa shape index (κ3) is 11.0. The van der Waals surface area contributed by atoms with Crippen molar-refractivity contribution in [3.8, 4) is 0 Å². The lowest BCUT2D eigenvalue weighted by atomic mass is 10.1. The van der Waals surface area contributed by atoms with E-state index in [1.165, 1.54) is 25.7 Å². The molecule has 1 aliphatic rings. The van der Waals surface area contributed by atoms with Gasteiger partial charge in [-0.1, -0.05) is 38.3 Å². The van der Waals surface area contributed by atoms with Gasteiger partial charge in [0.1, 0.15) is 0 Å². The van der Waals surface area contributed by atoms with Crippen molar-refractivity contribution in [3.05, 3.63) is 12.2 Å². The summed E-state index contributed by atoms with van der Waals surface area (Å²) in [4.78, 5) is 10.5. The Bertz CT molecular complexity index is 360. The number of hydrogen-bond acceptors (Lipinski definition) is 2. The molecule has 1 N–H and O–H groups in total. The van der Waals surface area contributed by atoms with E-state index in [0.29, 0.717) is 18.6 Å². The van der Waals surface area contributed by atoms with Crippen LogP contribution in [0.25, 0.3) is 0 Å². The molecule has 1 fully saturated rings. The van der Waals surface area contributed by atoms with Gasteiger partial charge < -0.3 is 9.84 Å². The first kappa shape index (κ1) is 20.8. The fraction of sp³-hybridized carbons (Fsp3) is 0.833. The molecule has 134 valence electrons. The van der Waals surface area contributed by atoms with E-state index in [2.05, 4.69) is 19.1 Å². The number of rotatable bonds is 14. The molecule has 0 spiro atoms. The minimum Gasteiger partial charge on any atom is -0.481 e. The lowest BCUT2D eigenvalue weighted by Crippen LogP contribution is -2.12. The van der Waals surface area contributed by atoms with Crippen LogP contribution in [-0.2, 0) is 9.53 Å². The third-order valence-electron chi connectivity index (χ3n) is 4.11. The summed E-state index contributed by atoms with van der Waals surface area (Å²) < 4.78 is 5.65. The topological polar surface area (TPSA) is 49.8 Å². The van der Waals surface area contributed by atoms with Crippen LogP contribution in [0.15, 0.2) is 12.2 Å². The molecule has 0 bridgehead atoms. The first-order chi connectivity index (χ1) is 11.0. The fourth-order valence-corrected chi connectivity index (χ4v) is 3.52. The monoisotopic (exact) mass is 364 g/mol. The van der Waals surface area contributed by atoms with Crippen LogP contribution in [0.3, 0.4) is 0 Å². The van der Waals surface area contributed by atoms with Gasteiger partial charge >= 0.3 is 5.97 Å². The summed E-state index contributed by atoms with van der Waals surface area (Å²) in [6, 6.07) is 0. The number of hydrogen-bond donors (Lipinski definition) is 1. The first-order valence-electron chi connectivity index (χ1n) is 8.83. The van der Waals surface area contributed by atoms with E-state index in [9.17, 15) is 4.79 Å². The summed E-state index contributed by atoms with van der Waals surface area (Å²) >= 11 is 12.1. The third-order valence-corrected chi connectivity index (χ3v) is 4.84. The zero-order valence-electron chi connectivity index (χ0n) is 14.1. The van der Waals surface area contributed by atoms with Gasteiger partial charge in [0.05, 0.1) is 18.6 Å². The Morgan fingerprint density at radius 1 is 1.17 bits per heavy atom. The molecule has 1 rings (SSSR count). The van der Waals surface area contributed by atoms with Crippen LogP contribution >= 0.6 is 23.2 Å². The Hall–Kier alpha value is -0.250. The van der Waals surface area contributed by atoms with Gasteiger partial charge in [-0.25, -0.2) is 0 Å². The van der Waals surface area contributed by atoms with E-state index in [0.717, 1.165) is 25.7 Å². The van der Waals surface area contributed by atoms with Gasteiger partial charge in [0.25, 0.3) is 0 Å². The molecule has 4 atom stereocenters. The van der Waals surface area contributed by atoms with Crippen LogP contribution < -0.4 is 0 Å². The minimum absolute atomic E-state index is 0.0223. The maximum Gasteiger partial charge on any atom is 0.304 e. The summed E-state index contributed by atoms with van der Waals surface area (Å²) in [5.41, 5.74) is 0. The predicted octanol–water partition coefficient (Wildman–Crippen LogP) is 5.53. The normalized spacial score (nSPS) is 23.1. The van der Waals surface area contributed by atoms with Crippen LogP contribution in [0.1, 0.15) is 71.1 Å². The zero-order valence-corrected chi connectivity index (χ0v) is 15.6. The standard InChI is InChI=1S/C18H30Cl2O3/c1-2-3-6-10-16-17(23-16)11-8-5-4-7-9-14(19)12-15(20)13-18(21)22/h5,8,14-17H,2-4,6-7,9-13H2,1H3,(H,21,22)/b8-5-. The van der Waals surface area contributed by atoms with Crippen molar-refractivity contribution >= 4 is 29.2 Å². The number of halogens is 2. The summed E-state index contributed by atoms with van der Waals surface area (Å²) in [7, 11) is 0. The second kappa shape index (κ2) is 12.2. The van der Waals surface area contributed by atoms with Crippen molar-refractivity contribution in [1.82, 2.24) is 0 Å². The Morgan fingerprint density at radius 2 is 1.96 bits per heavy atom. The largest absolute Gasteiger partial charge is 0.481 e. The molecule has 0 amide bonds. The molecule has 0 radical (unpaired) electrons. The molecule has 0 aromatic rings. The van der Waals surface area contributed by atoms with Crippen molar-refractivity contribution in [2.75, 3.05) is 0 Å². The van der Waals surface area contributed by atoms with Crippen molar-refractivity contribution in [3.63, 3.8) is 0 Å². The first-order valence-corrected chi connectivity index (χ1v) is 9.70. The van der Waals surface area contributed by atoms with Gasteiger partial charge in [-0.2, -0.15) is 0 Å². The molecule has 0 aromatic carbocycles. The molecular formula is C18H30Cl2O3. The Labute approximate surface area is 150 Å². The Kier molecular flexibility index (Phi) is 11.0. The van der Waals surface area contributed by atoms with Crippen molar-refractivity contribution in [1.29, 1.82) is 0 Å². The van der Waals surface area contributed by atoms with Gasteiger partial charge in [0.2, 0.25) is 0 Å². The molecule has 1 saturated heterocycles. The average molecular weight is 365 g/mol. The zero-order chi connectivity index (χ0) is 17.1. The highest BCUT2D eigenvalue weighted by Crippen LogP contribution is 2.30. The number of carboxylic acids is 1. The highest BCUT2D eigenvalue weighted by Gasteiger charge is 2.36. The number of aliphatic carboxylic acids is 1. The number of carbonyl (C=O) groups is 1. The molecule has 5 heteroatoms. The highest BCUT2D eigenvalue weighted by molar-refractivity contribution is 6.24. The molecule has 0 saturated carbocycles. The van der Waals surface area contributed by atoms with Gasteiger partial charge in [-0.3, -0.25) is 4.79 Å². The Balaban J connectivity index is 1.95. The molecule has 1 aliphatic heterocycles. The second-order valence-electron chi connectivity index (χ2n) is 6.37. The van der Waals surface area contributed by atoms with Gasteiger partial charge in [-0.15, -0.1) is 23.2 Å². The van der Waals surface area contributed by atoms with Crippen molar-refractivity contribution in [2.24, 2.45) is 0 Å². The number of unbranched alkanes of at least 4 members (excludes halogenated alkanes) is 3. The molecular weight excluding hydrogens is 335 g/mol. The maximum atomic E-state index is 10.5. The van der Waals surface area contributed by atoms with Crippen LogP contribution in [0.4, 0.5) is 0 Å². The quantitative estimate of drug-likeness (QED) is 0.191. The molecule has 3 nitrogen and oxygen atoms in total. The van der Waals surface area contributed by atoms with E-state index in [1.54, 1.807) is 0 Å². The lowest BCUT2D eigenvalue weighted by Gasteiger charge is -2.11. The van der Waals surface area contributed by atoms with Crippen LogP contribution in [-0.4, -0.2) is 34.0 Å². The second-order valence-corrected chi connectivity index (χ2v) is 7.61. The molecule has 0 aliphatic carbocycles. The number of ether oxygens (including phenoxy) is 1. The Morgan fingerprint density at radius 3 is 2.65 bits per heavy atom. The number of alkyl halides is 2. The van der Waals surface area contributed by atoms with E-state index < -0.39 is 5.97 Å². The molecule has 23 heavy (non-hydrogen) atoms. The van der Waals surface area contributed by atoms with Gasteiger partial charge in [0, 0.05) is 10.8 Å². The SMILES string of the molecule is CCCCCC1OC1C/C=C\CCCC(Cl)CC(Cl)CC(=O)O. The van der Waals surface area contributed by atoms with Gasteiger partial charge in [-0.05, 0) is 38.5 Å². The summed E-state index contributed by atoms with van der Waals surface area (Å²) in [5, 5.41) is 8.24. The highest BCUT2D eigenvalue weighted by atomic mass is 35.5. The fourth-order valence-electron chi connectivity index (χ4n) is 2.71. The molecule has 4 unspecified atom stereocenters. The van der Waals surface area contributed by atoms with Crippen molar-refractivity contribution < 1.29 is 14.6 Å². The predicted molar refractivity (Wildman–Crippen MR) is 96.6 cm³/mol. The minimum atomic E-state index is -0.868. The maximum absolute atomic E-state index is 10.5. The number of epoxide rings is 1. The van der Waals surface area contributed by atoms with Crippen LogP contribution in [0.2, 0.25) is 0 Å². The average Bonchev–Trinajstić information content (AvgIpc) is 3.20. The summed E-state index contributed by atoms with van der Waals surface area (Å²) in [6.45, 7) is 2.22. The van der Waals surface area contributed by atoms with Crippen LogP contribution in [0, 0.1) is 0 Å².